The number of rotatable bonds is 3. The molecule has 0 aliphatic heterocycles. The summed E-state index contributed by atoms with van der Waals surface area (Å²) in [7, 11) is 0. The molecule has 54 valence electrons. The van der Waals surface area contributed by atoms with Crippen molar-refractivity contribution in [1.29, 1.82) is 0 Å². The molecule has 0 atom stereocenters. The zero-order valence-corrected chi connectivity index (χ0v) is 5.07. The van der Waals surface area contributed by atoms with E-state index in [4.69, 9.17) is 5.11 Å². The van der Waals surface area contributed by atoms with E-state index in [0.29, 0.717) is 5.88 Å². The summed E-state index contributed by atoms with van der Waals surface area (Å²) in [6, 6.07) is 1.54. The lowest BCUT2D eigenvalue weighted by Crippen LogP contribution is -2.11. The highest BCUT2D eigenvalue weighted by atomic mass is 16.5. The lowest BCUT2D eigenvalue weighted by Gasteiger charge is -1.93. The van der Waals surface area contributed by atoms with Gasteiger partial charge in [0.15, 0.2) is 0 Å². The molecule has 0 fully saturated rings. The minimum atomic E-state index is -0.934. The summed E-state index contributed by atoms with van der Waals surface area (Å²) < 4.78 is 4.56. The molecular formula is C5H6N2O3. The molecule has 0 bridgehead atoms. The van der Waals surface area contributed by atoms with Crippen molar-refractivity contribution in [2.45, 2.75) is 0 Å². The number of hydrogen-bond donors (Lipinski definition) is 2. The number of carboxylic acid groups (broad SMARTS) is 1. The maximum absolute atomic E-state index is 9.97. The van der Waals surface area contributed by atoms with Crippen LogP contribution >= 0.6 is 0 Å². The fraction of sp³-hybridized carbons (Fsp3) is 0.200. The molecule has 1 rings (SSSR count). The third-order valence-electron chi connectivity index (χ3n) is 0.852. The van der Waals surface area contributed by atoms with Gasteiger partial charge in [0.1, 0.15) is 6.54 Å². The van der Waals surface area contributed by atoms with Crippen molar-refractivity contribution in [3.63, 3.8) is 0 Å². The Bertz CT molecular complexity index is 207. The Morgan fingerprint density at radius 1 is 1.90 bits per heavy atom. The van der Waals surface area contributed by atoms with Gasteiger partial charge in [-0.15, -0.1) is 0 Å². The fourth-order valence-electron chi connectivity index (χ4n) is 0.470. The third kappa shape index (κ3) is 1.77. The van der Waals surface area contributed by atoms with Crippen molar-refractivity contribution in [2.24, 2.45) is 0 Å². The van der Waals surface area contributed by atoms with Gasteiger partial charge in [0.2, 0.25) is 5.88 Å². The van der Waals surface area contributed by atoms with Crippen LogP contribution in [0.1, 0.15) is 0 Å². The van der Waals surface area contributed by atoms with Crippen molar-refractivity contribution < 1.29 is 14.4 Å². The Morgan fingerprint density at radius 2 is 2.70 bits per heavy atom. The molecule has 0 radical (unpaired) electrons. The van der Waals surface area contributed by atoms with Crippen LogP contribution in [0.25, 0.3) is 0 Å². The molecule has 0 unspecified atom stereocenters. The number of nitrogens with zero attached hydrogens (tertiary/aromatic N) is 1. The molecule has 0 saturated heterocycles. The molecule has 1 aromatic heterocycles. The summed E-state index contributed by atoms with van der Waals surface area (Å²) in [5, 5.41) is 14.1. The minimum Gasteiger partial charge on any atom is -0.480 e. The van der Waals surface area contributed by atoms with Gasteiger partial charge in [-0.25, -0.2) is 0 Å². The fourth-order valence-corrected chi connectivity index (χ4v) is 0.470. The van der Waals surface area contributed by atoms with Crippen LogP contribution in [0.15, 0.2) is 16.8 Å². The molecule has 5 nitrogen and oxygen atoms in total. The van der Waals surface area contributed by atoms with Crippen LogP contribution in [-0.4, -0.2) is 22.8 Å². The molecule has 0 aliphatic carbocycles. The summed E-state index contributed by atoms with van der Waals surface area (Å²) in [6.45, 7) is -0.158. The van der Waals surface area contributed by atoms with E-state index in [9.17, 15) is 4.79 Å². The quantitative estimate of drug-likeness (QED) is 0.629. The van der Waals surface area contributed by atoms with Gasteiger partial charge in [-0.3, -0.25) is 4.79 Å². The first-order valence-electron chi connectivity index (χ1n) is 2.65. The number of carboxylic acids is 1. The van der Waals surface area contributed by atoms with E-state index in [2.05, 4.69) is 15.0 Å². The predicted octanol–water partition coefficient (Wildman–Crippen LogP) is 0.171. The van der Waals surface area contributed by atoms with Gasteiger partial charge in [0, 0.05) is 6.07 Å². The lowest BCUT2D eigenvalue weighted by atomic mass is 10.6. The largest absolute Gasteiger partial charge is 0.480 e. The van der Waals surface area contributed by atoms with Gasteiger partial charge in [-0.05, 0) is 0 Å². The van der Waals surface area contributed by atoms with Crippen molar-refractivity contribution >= 4 is 11.9 Å². The van der Waals surface area contributed by atoms with E-state index in [1.54, 1.807) is 6.07 Å². The van der Waals surface area contributed by atoms with Gasteiger partial charge in [0.25, 0.3) is 0 Å². The average molecular weight is 142 g/mol. The van der Waals surface area contributed by atoms with E-state index in [1.807, 2.05) is 0 Å². The second kappa shape index (κ2) is 2.86. The number of hydrogen-bond acceptors (Lipinski definition) is 4. The lowest BCUT2D eigenvalue weighted by molar-refractivity contribution is -0.134. The number of anilines is 1. The second-order valence-corrected chi connectivity index (χ2v) is 1.62. The molecule has 0 saturated carbocycles. The highest BCUT2D eigenvalue weighted by Gasteiger charge is 1.97. The normalized spacial score (nSPS) is 9.20. The van der Waals surface area contributed by atoms with E-state index in [0.717, 1.165) is 0 Å². The second-order valence-electron chi connectivity index (χ2n) is 1.62. The summed E-state index contributed by atoms with van der Waals surface area (Å²) in [5.74, 6) is -0.571. The topological polar surface area (TPSA) is 75.4 Å². The Balaban J connectivity index is 2.35. The molecule has 0 aromatic carbocycles. The monoisotopic (exact) mass is 142 g/mol. The summed E-state index contributed by atoms with van der Waals surface area (Å²) in [5.41, 5.74) is 0. The number of aliphatic carboxylic acids is 1. The summed E-state index contributed by atoms with van der Waals surface area (Å²) >= 11 is 0. The van der Waals surface area contributed by atoms with Crippen molar-refractivity contribution in [3.05, 3.63) is 12.3 Å². The molecule has 0 aliphatic rings. The van der Waals surface area contributed by atoms with Crippen LogP contribution in [-0.2, 0) is 4.79 Å². The maximum Gasteiger partial charge on any atom is 0.322 e. The molecule has 0 spiro atoms. The third-order valence-corrected chi connectivity index (χ3v) is 0.852. The minimum absolute atomic E-state index is 0.158. The summed E-state index contributed by atoms with van der Waals surface area (Å²) in [6.07, 6.45) is 1.43. The number of nitrogens with one attached hydrogen (secondary N) is 1. The van der Waals surface area contributed by atoms with Crippen LogP contribution in [0, 0.1) is 0 Å². The zero-order valence-electron chi connectivity index (χ0n) is 5.07. The number of aromatic nitrogens is 1. The predicted molar refractivity (Wildman–Crippen MR) is 32.6 cm³/mol. The van der Waals surface area contributed by atoms with Crippen molar-refractivity contribution in [1.82, 2.24) is 5.16 Å². The van der Waals surface area contributed by atoms with Crippen LogP contribution in [0.2, 0.25) is 0 Å². The van der Waals surface area contributed by atoms with Crippen molar-refractivity contribution in [3.8, 4) is 0 Å². The highest BCUT2D eigenvalue weighted by Crippen LogP contribution is 2.01. The molecule has 1 heterocycles. The average Bonchev–Trinajstić information content (AvgIpc) is 2.34. The first-order chi connectivity index (χ1) is 4.79. The Hall–Kier alpha value is -1.52. The highest BCUT2D eigenvalue weighted by molar-refractivity contribution is 5.71. The molecule has 1 aromatic rings. The van der Waals surface area contributed by atoms with Crippen LogP contribution in [0.4, 0.5) is 5.88 Å². The molecule has 5 heteroatoms. The zero-order chi connectivity index (χ0) is 7.40. The first-order valence-corrected chi connectivity index (χ1v) is 2.65. The van der Waals surface area contributed by atoms with Gasteiger partial charge in [-0.2, -0.15) is 0 Å². The van der Waals surface area contributed by atoms with Crippen LogP contribution < -0.4 is 5.32 Å². The van der Waals surface area contributed by atoms with E-state index < -0.39 is 5.97 Å². The first kappa shape index (κ1) is 6.60. The number of carbonyl (C=O) groups is 1. The van der Waals surface area contributed by atoms with Gasteiger partial charge in [-0.1, -0.05) is 5.16 Å². The van der Waals surface area contributed by atoms with Gasteiger partial charge >= 0.3 is 5.97 Å². The summed E-state index contributed by atoms with van der Waals surface area (Å²) in [4.78, 5) is 9.97. The molecule has 2 N–H and O–H groups in total. The molecule has 10 heavy (non-hydrogen) atoms. The maximum atomic E-state index is 9.97. The van der Waals surface area contributed by atoms with E-state index >= 15 is 0 Å². The van der Waals surface area contributed by atoms with Gasteiger partial charge < -0.3 is 14.9 Å². The van der Waals surface area contributed by atoms with Crippen LogP contribution in [0.5, 0.6) is 0 Å². The standard InChI is InChI=1S/C5H6N2O3/c8-5(9)3-6-4-1-2-7-10-4/h1-2,6H,3H2,(H,8,9). The smallest absolute Gasteiger partial charge is 0.322 e. The Labute approximate surface area is 56.6 Å². The van der Waals surface area contributed by atoms with E-state index in [-0.39, 0.29) is 6.54 Å². The SMILES string of the molecule is O=C(O)CNc1ccno1. The molecular weight excluding hydrogens is 136 g/mol. The van der Waals surface area contributed by atoms with Crippen LogP contribution in [0.3, 0.4) is 0 Å². The molecule has 0 amide bonds. The van der Waals surface area contributed by atoms with Gasteiger partial charge in [0.05, 0.1) is 6.20 Å². The Morgan fingerprint density at radius 3 is 3.20 bits per heavy atom. The van der Waals surface area contributed by atoms with E-state index in [1.165, 1.54) is 6.20 Å². The van der Waals surface area contributed by atoms with Crippen molar-refractivity contribution in [2.75, 3.05) is 11.9 Å². The Kier molecular flexibility index (Phi) is 1.89.